The van der Waals surface area contributed by atoms with Gasteiger partial charge in [-0.3, -0.25) is 4.90 Å². The summed E-state index contributed by atoms with van der Waals surface area (Å²) in [7, 11) is 0. The molecule has 0 saturated carbocycles. The van der Waals surface area contributed by atoms with Crippen LogP contribution in [0.25, 0.3) is 0 Å². The summed E-state index contributed by atoms with van der Waals surface area (Å²) in [6.45, 7) is 6.54. The topological polar surface area (TPSA) is 71.5 Å². The van der Waals surface area contributed by atoms with Crippen molar-refractivity contribution in [3.05, 3.63) is 23.3 Å². The van der Waals surface area contributed by atoms with Crippen molar-refractivity contribution in [2.24, 2.45) is 0 Å². The van der Waals surface area contributed by atoms with Gasteiger partial charge in [-0.1, -0.05) is 0 Å². The van der Waals surface area contributed by atoms with Crippen LogP contribution in [-0.2, 0) is 17.9 Å². The second-order valence-electron chi connectivity index (χ2n) is 5.25. The van der Waals surface area contributed by atoms with Crippen molar-refractivity contribution in [2.75, 3.05) is 19.1 Å². The zero-order valence-electron chi connectivity index (χ0n) is 12.1. The number of nitrogen functional groups attached to an aromatic ring is 1. The summed E-state index contributed by atoms with van der Waals surface area (Å²) in [5.74, 6) is 0.882. The van der Waals surface area contributed by atoms with Crippen molar-refractivity contribution < 1.29 is 9.47 Å². The van der Waals surface area contributed by atoms with E-state index in [1.54, 1.807) is 0 Å². The minimum Gasteiger partial charge on any atom is -0.467 e. The van der Waals surface area contributed by atoms with Gasteiger partial charge in [0.2, 0.25) is 0 Å². The molecule has 2 rings (SSSR count). The molecule has 5 heteroatoms. The first kappa shape index (κ1) is 14.6. The summed E-state index contributed by atoms with van der Waals surface area (Å²) in [5.41, 5.74) is 8.73. The molecule has 0 radical (unpaired) electrons. The molecule has 1 aromatic rings. The van der Waals surface area contributed by atoms with Crippen LogP contribution in [0.1, 0.15) is 31.4 Å². The maximum Gasteiger partial charge on any atom is 0.189 e. The predicted octanol–water partition coefficient (Wildman–Crippen LogP) is 2.26. The Balaban J connectivity index is 2.23. The molecular weight excluding hydrogens is 254 g/mol. The molecule has 20 heavy (non-hydrogen) atoms. The van der Waals surface area contributed by atoms with E-state index in [0.717, 1.165) is 35.7 Å². The Bertz CT molecular complexity index is 509. The average Bonchev–Trinajstić information content (AvgIpc) is 2.42. The molecule has 0 aliphatic carbocycles. The van der Waals surface area contributed by atoms with Crippen LogP contribution >= 0.6 is 0 Å². The fraction of sp³-hybridized carbons (Fsp3) is 0.533. The first-order valence-corrected chi connectivity index (χ1v) is 6.84. The Kier molecular flexibility index (Phi) is 4.83. The van der Waals surface area contributed by atoms with Gasteiger partial charge in [0.1, 0.15) is 5.75 Å². The lowest BCUT2D eigenvalue weighted by atomic mass is 10.1. The van der Waals surface area contributed by atoms with Crippen LogP contribution in [0.4, 0.5) is 5.69 Å². The normalized spacial score (nSPS) is 13.9. The molecule has 0 amide bonds. The summed E-state index contributed by atoms with van der Waals surface area (Å²) in [5, 5.41) is 8.76. The highest BCUT2D eigenvalue weighted by molar-refractivity contribution is 5.53. The Labute approximate surface area is 119 Å². The van der Waals surface area contributed by atoms with E-state index in [9.17, 15) is 0 Å². The number of hydrogen-bond acceptors (Lipinski definition) is 5. The first-order chi connectivity index (χ1) is 9.61. The molecule has 1 aliphatic rings. The molecule has 5 nitrogen and oxygen atoms in total. The SMILES string of the molecule is CC(C)N(CCC#N)Cc1cc(N)cc2c1OCOC2. The van der Waals surface area contributed by atoms with Gasteiger partial charge < -0.3 is 15.2 Å². The van der Waals surface area contributed by atoms with Crippen molar-refractivity contribution in [2.45, 2.75) is 39.5 Å². The Morgan fingerprint density at radius 1 is 1.45 bits per heavy atom. The maximum atomic E-state index is 8.76. The molecule has 0 bridgehead atoms. The second-order valence-corrected chi connectivity index (χ2v) is 5.25. The number of fused-ring (bicyclic) bond motifs is 1. The summed E-state index contributed by atoms with van der Waals surface area (Å²) in [6, 6.07) is 6.40. The molecule has 0 aromatic heterocycles. The number of nitrogens with zero attached hydrogens (tertiary/aromatic N) is 2. The lowest BCUT2D eigenvalue weighted by Crippen LogP contribution is -2.31. The van der Waals surface area contributed by atoms with Crippen LogP contribution in [-0.4, -0.2) is 24.3 Å². The summed E-state index contributed by atoms with van der Waals surface area (Å²) < 4.78 is 10.9. The lowest BCUT2D eigenvalue weighted by molar-refractivity contribution is -0.0175. The van der Waals surface area contributed by atoms with Gasteiger partial charge in [0, 0.05) is 42.4 Å². The van der Waals surface area contributed by atoms with Crippen molar-refractivity contribution in [3.63, 3.8) is 0 Å². The quantitative estimate of drug-likeness (QED) is 0.835. The zero-order valence-corrected chi connectivity index (χ0v) is 12.1. The average molecular weight is 275 g/mol. The number of nitrogens with two attached hydrogens (primary N) is 1. The fourth-order valence-electron chi connectivity index (χ4n) is 2.38. The molecule has 1 aromatic carbocycles. The monoisotopic (exact) mass is 275 g/mol. The molecule has 2 N–H and O–H groups in total. The number of ether oxygens (including phenoxy) is 2. The van der Waals surface area contributed by atoms with Crippen molar-refractivity contribution in [3.8, 4) is 11.8 Å². The molecule has 108 valence electrons. The van der Waals surface area contributed by atoms with Gasteiger partial charge in [-0.25, -0.2) is 0 Å². The van der Waals surface area contributed by atoms with Crippen LogP contribution in [0.15, 0.2) is 12.1 Å². The van der Waals surface area contributed by atoms with E-state index in [2.05, 4.69) is 24.8 Å². The Morgan fingerprint density at radius 2 is 2.25 bits per heavy atom. The number of benzene rings is 1. The molecule has 0 spiro atoms. The van der Waals surface area contributed by atoms with Crippen LogP contribution in [0.5, 0.6) is 5.75 Å². The van der Waals surface area contributed by atoms with Gasteiger partial charge in [0.15, 0.2) is 6.79 Å². The van der Waals surface area contributed by atoms with E-state index in [4.69, 9.17) is 20.5 Å². The molecule has 0 atom stereocenters. The van der Waals surface area contributed by atoms with Crippen molar-refractivity contribution in [1.82, 2.24) is 4.90 Å². The van der Waals surface area contributed by atoms with E-state index >= 15 is 0 Å². The van der Waals surface area contributed by atoms with E-state index in [-0.39, 0.29) is 6.79 Å². The first-order valence-electron chi connectivity index (χ1n) is 6.84. The molecule has 0 unspecified atom stereocenters. The molecule has 0 saturated heterocycles. The largest absolute Gasteiger partial charge is 0.467 e. The number of anilines is 1. The van der Waals surface area contributed by atoms with Crippen molar-refractivity contribution in [1.29, 1.82) is 5.26 Å². The summed E-state index contributed by atoms with van der Waals surface area (Å²) in [4.78, 5) is 2.25. The molecule has 1 aliphatic heterocycles. The third kappa shape index (κ3) is 3.41. The smallest absolute Gasteiger partial charge is 0.189 e. The molecular formula is C15H21N3O2. The highest BCUT2D eigenvalue weighted by Gasteiger charge is 2.19. The Morgan fingerprint density at radius 3 is 2.95 bits per heavy atom. The van der Waals surface area contributed by atoms with Crippen molar-refractivity contribution >= 4 is 5.69 Å². The van der Waals surface area contributed by atoms with Crippen LogP contribution < -0.4 is 10.5 Å². The van der Waals surface area contributed by atoms with Gasteiger partial charge in [0.05, 0.1) is 12.7 Å². The summed E-state index contributed by atoms with van der Waals surface area (Å²) >= 11 is 0. The van der Waals surface area contributed by atoms with Gasteiger partial charge in [-0.05, 0) is 26.0 Å². The minimum atomic E-state index is 0.282. The molecule has 1 heterocycles. The standard InChI is InChI=1S/C15H21N3O2/c1-11(2)18(5-3-4-16)8-12-6-14(17)7-13-9-19-10-20-15(12)13/h6-7,11H,3,5,8-10,17H2,1-2H3. The number of nitriles is 1. The van der Waals surface area contributed by atoms with E-state index < -0.39 is 0 Å². The fourth-order valence-corrected chi connectivity index (χ4v) is 2.38. The predicted molar refractivity (Wildman–Crippen MR) is 76.9 cm³/mol. The van der Waals surface area contributed by atoms with E-state index in [1.165, 1.54) is 0 Å². The maximum absolute atomic E-state index is 8.76. The van der Waals surface area contributed by atoms with Gasteiger partial charge in [0.25, 0.3) is 0 Å². The van der Waals surface area contributed by atoms with Crippen LogP contribution in [0.3, 0.4) is 0 Å². The van der Waals surface area contributed by atoms with Gasteiger partial charge in [-0.2, -0.15) is 5.26 Å². The van der Waals surface area contributed by atoms with Gasteiger partial charge >= 0.3 is 0 Å². The highest BCUT2D eigenvalue weighted by atomic mass is 16.7. The summed E-state index contributed by atoms with van der Waals surface area (Å²) in [6.07, 6.45) is 0.520. The van der Waals surface area contributed by atoms with Gasteiger partial charge in [-0.15, -0.1) is 0 Å². The van der Waals surface area contributed by atoms with E-state index in [0.29, 0.717) is 19.1 Å². The zero-order chi connectivity index (χ0) is 14.5. The third-order valence-corrected chi connectivity index (χ3v) is 3.42. The number of hydrogen-bond donors (Lipinski definition) is 1. The Hall–Kier alpha value is -1.77. The highest BCUT2D eigenvalue weighted by Crippen LogP contribution is 2.32. The third-order valence-electron chi connectivity index (χ3n) is 3.42. The lowest BCUT2D eigenvalue weighted by Gasteiger charge is -2.28. The number of rotatable bonds is 5. The molecule has 0 fully saturated rings. The van der Waals surface area contributed by atoms with Crippen LogP contribution in [0.2, 0.25) is 0 Å². The van der Waals surface area contributed by atoms with E-state index in [1.807, 2.05) is 12.1 Å². The minimum absolute atomic E-state index is 0.282. The van der Waals surface area contributed by atoms with Crippen LogP contribution in [0, 0.1) is 11.3 Å². The second kappa shape index (κ2) is 6.60.